The van der Waals surface area contributed by atoms with Gasteiger partial charge in [-0.2, -0.15) is 8.75 Å². The van der Waals surface area contributed by atoms with Gasteiger partial charge in [-0.05, 0) is 12.0 Å². The zero-order valence-electron chi connectivity index (χ0n) is 8.82. The number of rotatable bonds is 3. The Balaban J connectivity index is 2.37. The van der Waals surface area contributed by atoms with E-state index in [4.69, 9.17) is 0 Å². The monoisotopic (exact) mass is 219 g/mol. The average Bonchev–Trinajstić information content (AvgIpc) is 2.77. The van der Waals surface area contributed by atoms with E-state index in [1.54, 1.807) is 0 Å². The van der Waals surface area contributed by atoms with E-state index in [2.05, 4.69) is 45.3 Å². The molecule has 0 aliphatic carbocycles. The molecule has 4 heteroatoms. The SMILES string of the molecule is CCc1ccc(-c2nsnc2NC)cc1. The van der Waals surface area contributed by atoms with Crippen molar-refractivity contribution >= 4 is 17.5 Å². The van der Waals surface area contributed by atoms with Gasteiger partial charge in [0.05, 0.1) is 11.7 Å². The van der Waals surface area contributed by atoms with Crippen molar-refractivity contribution in [2.75, 3.05) is 12.4 Å². The van der Waals surface area contributed by atoms with Crippen LogP contribution in [0.3, 0.4) is 0 Å². The van der Waals surface area contributed by atoms with E-state index < -0.39 is 0 Å². The van der Waals surface area contributed by atoms with Crippen molar-refractivity contribution in [3.63, 3.8) is 0 Å². The summed E-state index contributed by atoms with van der Waals surface area (Å²) in [6, 6.07) is 8.45. The van der Waals surface area contributed by atoms with Crippen LogP contribution < -0.4 is 5.32 Å². The fourth-order valence-corrected chi connectivity index (χ4v) is 2.01. The second-order valence-electron chi connectivity index (χ2n) is 3.26. The quantitative estimate of drug-likeness (QED) is 0.862. The molecule has 0 aliphatic rings. The van der Waals surface area contributed by atoms with Gasteiger partial charge in [-0.25, -0.2) is 0 Å². The lowest BCUT2D eigenvalue weighted by atomic mass is 10.1. The topological polar surface area (TPSA) is 37.8 Å². The van der Waals surface area contributed by atoms with E-state index in [9.17, 15) is 0 Å². The van der Waals surface area contributed by atoms with Crippen LogP contribution >= 0.6 is 11.7 Å². The van der Waals surface area contributed by atoms with Gasteiger partial charge in [0, 0.05) is 12.6 Å². The molecule has 15 heavy (non-hydrogen) atoms. The third-order valence-corrected chi connectivity index (χ3v) is 2.89. The van der Waals surface area contributed by atoms with E-state index >= 15 is 0 Å². The first-order valence-corrected chi connectivity index (χ1v) is 5.67. The molecule has 0 fully saturated rings. The summed E-state index contributed by atoms with van der Waals surface area (Å²) in [4.78, 5) is 0. The van der Waals surface area contributed by atoms with Crippen LogP contribution in [0.25, 0.3) is 11.3 Å². The molecule has 3 nitrogen and oxygen atoms in total. The summed E-state index contributed by atoms with van der Waals surface area (Å²) in [6.45, 7) is 2.15. The van der Waals surface area contributed by atoms with Gasteiger partial charge in [0.2, 0.25) is 0 Å². The fourth-order valence-electron chi connectivity index (χ4n) is 1.44. The third kappa shape index (κ3) is 1.99. The number of anilines is 1. The summed E-state index contributed by atoms with van der Waals surface area (Å²) < 4.78 is 8.45. The van der Waals surface area contributed by atoms with E-state index in [0.29, 0.717) is 0 Å². The molecule has 0 radical (unpaired) electrons. The van der Waals surface area contributed by atoms with Crippen LogP contribution in [0.15, 0.2) is 24.3 Å². The molecule has 0 atom stereocenters. The molecule has 0 amide bonds. The van der Waals surface area contributed by atoms with Crippen molar-refractivity contribution in [3.05, 3.63) is 29.8 Å². The minimum Gasteiger partial charge on any atom is -0.370 e. The number of aromatic nitrogens is 2. The number of benzene rings is 1. The summed E-state index contributed by atoms with van der Waals surface area (Å²) in [5.74, 6) is 0.851. The van der Waals surface area contributed by atoms with Crippen molar-refractivity contribution in [3.8, 4) is 11.3 Å². The molecule has 0 unspecified atom stereocenters. The Bertz CT molecular complexity index is 433. The Hall–Kier alpha value is -1.42. The molecule has 0 bridgehead atoms. The Morgan fingerprint density at radius 3 is 2.53 bits per heavy atom. The molecule has 2 aromatic rings. The van der Waals surface area contributed by atoms with Crippen molar-refractivity contribution < 1.29 is 0 Å². The summed E-state index contributed by atoms with van der Waals surface area (Å²) >= 11 is 1.23. The maximum Gasteiger partial charge on any atom is 0.167 e. The zero-order chi connectivity index (χ0) is 10.7. The van der Waals surface area contributed by atoms with Crippen LogP contribution in [0.5, 0.6) is 0 Å². The molecule has 2 rings (SSSR count). The average molecular weight is 219 g/mol. The Morgan fingerprint density at radius 2 is 1.93 bits per heavy atom. The number of nitrogens with one attached hydrogen (secondary N) is 1. The second kappa shape index (κ2) is 4.40. The van der Waals surface area contributed by atoms with Crippen molar-refractivity contribution in [2.45, 2.75) is 13.3 Å². The van der Waals surface area contributed by atoms with Gasteiger partial charge in [-0.1, -0.05) is 31.2 Å². The van der Waals surface area contributed by atoms with Crippen LogP contribution in [0, 0.1) is 0 Å². The fraction of sp³-hybridized carbons (Fsp3) is 0.273. The molecule has 1 N–H and O–H groups in total. The molecule has 0 saturated heterocycles. The van der Waals surface area contributed by atoms with Gasteiger partial charge in [-0.15, -0.1) is 0 Å². The number of hydrogen-bond acceptors (Lipinski definition) is 4. The van der Waals surface area contributed by atoms with Gasteiger partial charge in [0.1, 0.15) is 5.69 Å². The number of nitrogens with zero attached hydrogens (tertiary/aromatic N) is 2. The van der Waals surface area contributed by atoms with Crippen LogP contribution in [0.4, 0.5) is 5.82 Å². The normalized spacial score (nSPS) is 10.3. The highest BCUT2D eigenvalue weighted by atomic mass is 32.1. The highest BCUT2D eigenvalue weighted by Gasteiger charge is 2.08. The van der Waals surface area contributed by atoms with Crippen LogP contribution in [-0.2, 0) is 6.42 Å². The lowest BCUT2D eigenvalue weighted by Crippen LogP contribution is -1.91. The largest absolute Gasteiger partial charge is 0.370 e. The van der Waals surface area contributed by atoms with Crippen LogP contribution in [0.1, 0.15) is 12.5 Å². The third-order valence-electron chi connectivity index (χ3n) is 2.36. The minimum atomic E-state index is 0.851. The lowest BCUT2D eigenvalue weighted by molar-refractivity contribution is 1.14. The molecule has 78 valence electrons. The van der Waals surface area contributed by atoms with Crippen molar-refractivity contribution in [1.82, 2.24) is 8.75 Å². The first kappa shape index (κ1) is 10.1. The summed E-state index contributed by atoms with van der Waals surface area (Å²) in [5.41, 5.74) is 3.39. The predicted octanol–water partition coefficient (Wildman–Crippen LogP) is 2.81. The molecule has 0 aliphatic heterocycles. The second-order valence-corrected chi connectivity index (χ2v) is 3.79. The van der Waals surface area contributed by atoms with E-state index in [1.165, 1.54) is 17.3 Å². The van der Waals surface area contributed by atoms with Gasteiger partial charge < -0.3 is 5.32 Å². The minimum absolute atomic E-state index is 0.851. The maximum absolute atomic E-state index is 4.28. The molecular formula is C11H13N3S. The highest BCUT2D eigenvalue weighted by Crippen LogP contribution is 2.25. The van der Waals surface area contributed by atoms with Gasteiger partial charge in [-0.3, -0.25) is 0 Å². The molecule has 1 aromatic heterocycles. The van der Waals surface area contributed by atoms with E-state index in [0.717, 1.165) is 23.5 Å². The van der Waals surface area contributed by atoms with E-state index in [1.807, 2.05) is 7.05 Å². The van der Waals surface area contributed by atoms with Gasteiger partial charge in [0.15, 0.2) is 5.82 Å². The smallest absolute Gasteiger partial charge is 0.167 e. The first-order valence-electron chi connectivity index (χ1n) is 4.94. The standard InChI is InChI=1S/C11H13N3S/c1-3-8-4-6-9(7-5-8)10-11(12-2)14-15-13-10/h4-7H,3H2,1-2H3,(H,12,14). The van der Waals surface area contributed by atoms with E-state index in [-0.39, 0.29) is 0 Å². The van der Waals surface area contributed by atoms with Gasteiger partial charge >= 0.3 is 0 Å². The molecule has 1 heterocycles. The predicted molar refractivity (Wildman–Crippen MR) is 64.3 cm³/mol. The molecule has 1 aromatic carbocycles. The van der Waals surface area contributed by atoms with Gasteiger partial charge in [0.25, 0.3) is 0 Å². The zero-order valence-corrected chi connectivity index (χ0v) is 9.64. The molecule has 0 spiro atoms. The Morgan fingerprint density at radius 1 is 1.20 bits per heavy atom. The summed E-state index contributed by atoms with van der Waals surface area (Å²) in [5, 5.41) is 3.04. The molecule has 0 saturated carbocycles. The number of hydrogen-bond donors (Lipinski definition) is 1. The molecular weight excluding hydrogens is 206 g/mol. The van der Waals surface area contributed by atoms with Crippen LogP contribution in [-0.4, -0.2) is 15.8 Å². The summed E-state index contributed by atoms with van der Waals surface area (Å²) in [6.07, 6.45) is 1.06. The Labute approximate surface area is 93.5 Å². The highest BCUT2D eigenvalue weighted by molar-refractivity contribution is 6.99. The maximum atomic E-state index is 4.28. The lowest BCUT2D eigenvalue weighted by Gasteiger charge is -2.01. The van der Waals surface area contributed by atoms with Crippen LogP contribution in [0.2, 0.25) is 0 Å². The first-order chi connectivity index (χ1) is 7.35. The van der Waals surface area contributed by atoms with Crippen molar-refractivity contribution in [1.29, 1.82) is 0 Å². The Kier molecular flexibility index (Phi) is 2.97. The van der Waals surface area contributed by atoms with Crippen molar-refractivity contribution in [2.24, 2.45) is 0 Å². The number of aryl methyl sites for hydroxylation is 1. The summed E-state index contributed by atoms with van der Waals surface area (Å²) in [7, 11) is 1.86.